The van der Waals surface area contributed by atoms with E-state index in [2.05, 4.69) is 32.6 Å². The molecular weight excluding hydrogens is 226 g/mol. The lowest BCUT2D eigenvalue weighted by Crippen LogP contribution is -2.37. The molecule has 0 aromatic rings. The summed E-state index contributed by atoms with van der Waals surface area (Å²) in [4.78, 5) is 13.3. The van der Waals surface area contributed by atoms with Gasteiger partial charge in [0.25, 0.3) is 0 Å². The molecule has 1 rings (SSSR count). The zero-order chi connectivity index (χ0) is 13.8. The maximum atomic E-state index is 10.9. The van der Waals surface area contributed by atoms with Gasteiger partial charge >= 0.3 is 5.97 Å². The quantitative estimate of drug-likeness (QED) is 0.837. The molecule has 0 bridgehead atoms. The van der Waals surface area contributed by atoms with Crippen LogP contribution in [0.1, 0.15) is 59.8 Å². The molecule has 106 valence electrons. The highest BCUT2D eigenvalue weighted by atomic mass is 16.4. The van der Waals surface area contributed by atoms with Crippen molar-refractivity contribution in [3.63, 3.8) is 0 Å². The number of hydrogen-bond acceptors (Lipinski definition) is 2. The predicted molar refractivity (Wildman–Crippen MR) is 74.7 cm³/mol. The number of hydrogen-bond donors (Lipinski definition) is 1. The molecule has 1 heterocycles. The van der Waals surface area contributed by atoms with E-state index < -0.39 is 5.97 Å². The Balaban J connectivity index is 2.57. The molecule has 18 heavy (non-hydrogen) atoms. The maximum absolute atomic E-state index is 10.9. The molecule has 3 nitrogen and oxygen atoms in total. The van der Waals surface area contributed by atoms with E-state index in [-0.39, 0.29) is 12.5 Å². The summed E-state index contributed by atoms with van der Waals surface area (Å²) in [5, 5.41) is 8.97. The molecule has 0 aliphatic carbocycles. The summed E-state index contributed by atoms with van der Waals surface area (Å²) >= 11 is 0. The van der Waals surface area contributed by atoms with Gasteiger partial charge in [0.15, 0.2) is 0 Å². The highest BCUT2D eigenvalue weighted by Crippen LogP contribution is 2.34. The number of carboxylic acid groups (broad SMARTS) is 1. The van der Waals surface area contributed by atoms with Gasteiger partial charge in [0.2, 0.25) is 0 Å². The summed E-state index contributed by atoms with van der Waals surface area (Å²) in [5.74, 6) is 0.100. The van der Waals surface area contributed by atoms with Crippen LogP contribution in [0.4, 0.5) is 0 Å². The molecule has 0 aromatic heterocycles. The first-order valence-electron chi connectivity index (χ1n) is 7.30. The Kier molecular flexibility index (Phi) is 5.64. The molecule has 1 fully saturated rings. The third-order valence-corrected chi connectivity index (χ3v) is 4.39. The maximum Gasteiger partial charge on any atom is 0.304 e. The van der Waals surface area contributed by atoms with Crippen molar-refractivity contribution in [2.24, 2.45) is 11.3 Å². The van der Waals surface area contributed by atoms with Crippen LogP contribution in [0.25, 0.3) is 0 Å². The predicted octanol–water partition coefficient (Wildman–Crippen LogP) is 3.39. The van der Waals surface area contributed by atoms with Crippen molar-refractivity contribution in [1.82, 2.24) is 4.90 Å². The summed E-state index contributed by atoms with van der Waals surface area (Å²) in [7, 11) is 0. The minimum atomic E-state index is -0.668. The Bertz CT molecular complexity index is 270. The Morgan fingerprint density at radius 1 is 1.33 bits per heavy atom. The third kappa shape index (κ3) is 4.60. The Hall–Kier alpha value is -0.570. The zero-order valence-corrected chi connectivity index (χ0v) is 12.4. The van der Waals surface area contributed by atoms with E-state index in [1.165, 1.54) is 19.3 Å². The van der Waals surface area contributed by atoms with Gasteiger partial charge in [-0.3, -0.25) is 9.69 Å². The lowest BCUT2D eigenvalue weighted by molar-refractivity contribution is -0.138. The molecule has 2 atom stereocenters. The fourth-order valence-corrected chi connectivity index (χ4v) is 3.08. The van der Waals surface area contributed by atoms with Crippen LogP contribution < -0.4 is 0 Å². The summed E-state index contributed by atoms with van der Waals surface area (Å²) in [6, 6.07) is 0.223. The van der Waals surface area contributed by atoms with Crippen molar-refractivity contribution < 1.29 is 9.90 Å². The molecule has 0 aromatic carbocycles. The summed E-state index contributed by atoms with van der Waals surface area (Å²) in [6.45, 7) is 11.2. The first-order valence-corrected chi connectivity index (χ1v) is 7.30. The van der Waals surface area contributed by atoms with Crippen LogP contribution in [0.3, 0.4) is 0 Å². The molecule has 3 heteroatoms. The second-order valence-corrected chi connectivity index (χ2v) is 6.69. The van der Waals surface area contributed by atoms with E-state index in [4.69, 9.17) is 5.11 Å². The van der Waals surface area contributed by atoms with Crippen LogP contribution in [0.15, 0.2) is 0 Å². The number of nitrogens with zero attached hydrogens (tertiary/aromatic N) is 1. The minimum Gasteiger partial charge on any atom is -0.481 e. The summed E-state index contributed by atoms with van der Waals surface area (Å²) < 4.78 is 0. The van der Waals surface area contributed by atoms with Crippen molar-refractivity contribution in [2.75, 3.05) is 13.1 Å². The third-order valence-electron chi connectivity index (χ3n) is 4.39. The lowest BCUT2D eigenvalue weighted by atomic mass is 9.77. The summed E-state index contributed by atoms with van der Waals surface area (Å²) in [6.07, 6.45) is 4.92. The van der Waals surface area contributed by atoms with Gasteiger partial charge in [-0.15, -0.1) is 0 Å². The number of likely N-dealkylation sites (tertiary alicyclic amines) is 1. The first-order chi connectivity index (χ1) is 8.34. The van der Waals surface area contributed by atoms with Crippen LogP contribution in [0, 0.1) is 11.3 Å². The van der Waals surface area contributed by atoms with E-state index >= 15 is 0 Å². The molecule has 0 amide bonds. The molecule has 1 aliphatic rings. The van der Waals surface area contributed by atoms with Gasteiger partial charge in [0.1, 0.15) is 0 Å². The van der Waals surface area contributed by atoms with Gasteiger partial charge in [-0.05, 0) is 50.1 Å². The molecule has 1 aliphatic heterocycles. The highest BCUT2D eigenvalue weighted by molar-refractivity contribution is 5.67. The van der Waals surface area contributed by atoms with Gasteiger partial charge in [0.05, 0.1) is 6.42 Å². The van der Waals surface area contributed by atoms with Crippen molar-refractivity contribution in [2.45, 2.75) is 65.8 Å². The second kappa shape index (κ2) is 6.55. The molecule has 1 N–H and O–H groups in total. The van der Waals surface area contributed by atoms with Crippen LogP contribution in [0.5, 0.6) is 0 Å². The fraction of sp³-hybridized carbons (Fsp3) is 0.933. The Labute approximate surface area is 112 Å². The van der Waals surface area contributed by atoms with Crippen LogP contribution in [-0.4, -0.2) is 35.1 Å². The smallest absolute Gasteiger partial charge is 0.304 e. The molecule has 0 radical (unpaired) electrons. The Morgan fingerprint density at radius 2 is 2.00 bits per heavy atom. The number of carbonyl (C=O) groups is 1. The number of aliphatic carboxylic acids is 1. The number of carboxylic acids is 1. The average Bonchev–Trinajstić information content (AvgIpc) is 2.50. The van der Waals surface area contributed by atoms with Crippen molar-refractivity contribution in [1.29, 1.82) is 0 Å². The minimum absolute atomic E-state index is 0.223. The van der Waals surface area contributed by atoms with Gasteiger partial charge < -0.3 is 5.11 Å². The lowest BCUT2D eigenvalue weighted by Gasteiger charge is -2.31. The van der Waals surface area contributed by atoms with Crippen molar-refractivity contribution >= 4 is 5.97 Å². The monoisotopic (exact) mass is 255 g/mol. The topological polar surface area (TPSA) is 40.5 Å². The second-order valence-electron chi connectivity index (χ2n) is 6.69. The molecule has 0 spiro atoms. The van der Waals surface area contributed by atoms with Crippen molar-refractivity contribution in [3.05, 3.63) is 0 Å². The fourth-order valence-electron chi connectivity index (χ4n) is 3.08. The van der Waals surface area contributed by atoms with E-state index in [0.717, 1.165) is 25.4 Å². The van der Waals surface area contributed by atoms with Crippen LogP contribution in [-0.2, 0) is 4.79 Å². The van der Waals surface area contributed by atoms with E-state index in [0.29, 0.717) is 5.41 Å². The normalized spacial score (nSPS) is 24.6. The van der Waals surface area contributed by atoms with Gasteiger partial charge in [-0.25, -0.2) is 0 Å². The first kappa shape index (κ1) is 15.5. The van der Waals surface area contributed by atoms with Gasteiger partial charge in [-0.1, -0.05) is 27.7 Å². The average molecular weight is 255 g/mol. The largest absolute Gasteiger partial charge is 0.481 e. The SMILES string of the molecule is CCC(CC(=O)O)N1CCCC(C(C)(C)C)CC1. The molecule has 2 unspecified atom stereocenters. The van der Waals surface area contributed by atoms with Gasteiger partial charge in [0, 0.05) is 6.04 Å². The van der Waals surface area contributed by atoms with Crippen LogP contribution in [0.2, 0.25) is 0 Å². The van der Waals surface area contributed by atoms with E-state index in [1.54, 1.807) is 0 Å². The van der Waals surface area contributed by atoms with E-state index in [1.807, 2.05) is 0 Å². The zero-order valence-electron chi connectivity index (χ0n) is 12.4. The number of rotatable bonds is 4. The molecule has 0 saturated carbocycles. The molecular formula is C15H29NO2. The molecule has 1 saturated heterocycles. The van der Waals surface area contributed by atoms with Crippen molar-refractivity contribution in [3.8, 4) is 0 Å². The standard InChI is InChI=1S/C15H29NO2/c1-5-13(11-14(17)18)16-9-6-7-12(8-10-16)15(2,3)4/h12-13H,5-11H2,1-4H3,(H,17,18). The Morgan fingerprint density at radius 3 is 2.50 bits per heavy atom. The van der Waals surface area contributed by atoms with Crippen LogP contribution >= 0.6 is 0 Å². The van der Waals surface area contributed by atoms with Gasteiger partial charge in [-0.2, -0.15) is 0 Å². The highest BCUT2D eigenvalue weighted by Gasteiger charge is 2.29. The summed E-state index contributed by atoms with van der Waals surface area (Å²) in [5.41, 5.74) is 0.379. The van der Waals surface area contributed by atoms with E-state index in [9.17, 15) is 4.79 Å².